The number of esters is 1. The summed E-state index contributed by atoms with van der Waals surface area (Å²) in [5.41, 5.74) is 7.76. The van der Waals surface area contributed by atoms with E-state index in [1.54, 1.807) is 18.2 Å². The molecule has 0 aliphatic carbocycles. The van der Waals surface area contributed by atoms with Gasteiger partial charge >= 0.3 is 11.7 Å². The highest BCUT2D eigenvalue weighted by atomic mass is 16.5. The molecule has 1 aromatic heterocycles. The van der Waals surface area contributed by atoms with E-state index in [1.165, 1.54) is 7.11 Å². The summed E-state index contributed by atoms with van der Waals surface area (Å²) in [7, 11) is 1.32. The number of hydrogen-bond acceptors (Lipinski definition) is 4. The SMILES string of the molecule is COC(=O)CC(N)c1ccc2[nH]c(=O)[nH]c2c1. The van der Waals surface area contributed by atoms with E-state index in [-0.39, 0.29) is 18.1 Å². The van der Waals surface area contributed by atoms with Crippen LogP contribution in [0.15, 0.2) is 23.0 Å². The van der Waals surface area contributed by atoms with E-state index in [0.717, 1.165) is 5.56 Å². The lowest BCUT2D eigenvalue weighted by Crippen LogP contribution is -2.16. The van der Waals surface area contributed by atoms with Crippen molar-refractivity contribution < 1.29 is 9.53 Å². The van der Waals surface area contributed by atoms with E-state index in [9.17, 15) is 9.59 Å². The van der Waals surface area contributed by atoms with Crippen LogP contribution in [-0.4, -0.2) is 23.0 Å². The number of rotatable bonds is 3. The molecule has 1 heterocycles. The van der Waals surface area contributed by atoms with Gasteiger partial charge in [0.05, 0.1) is 24.6 Å². The number of hydrogen-bond donors (Lipinski definition) is 3. The van der Waals surface area contributed by atoms with Gasteiger partial charge in [0.15, 0.2) is 0 Å². The Morgan fingerprint density at radius 2 is 2.12 bits per heavy atom. The zero-order valence-corrected chi connectivity index (χ0v) is 9.32. The zero-order chi connectivity index (χ0) is 12.4. The van der Waals surface area contributed by atoms with Gasteiger partial charge in [0.25, 0.3) is 0 Å². The third-order valence-corrected chi connectivity index (χ3v) is 2.58. The number of methoxy groups -OCH3 is 1. The first kappa shape index (κ1) is 11.4. The molecule has 0 radical (unpaired) electrons. The maximum Gasteiger partial charge on any atom is 0.323 e. The van der Waals surface area contributed by atoms with Crippen molar-refractivity contribution in [2.45, 2.75) is 12.5 Å². The predicted molar refractivity (Wildman–Crippen MR) is 62.5 cm³/mol. The molecule has 0 aliphatic rings. The standard InChI is InChI=1S/C11H13N3O3/c1-17-10(15)5-7(12)6-2-3-8-9(4-6)14-11(16)13-8/h2-4,7H,5,12H2,1H3,(H2,13,14,16). The summed E-state index contributed by atoms with van der Waals surface area (Å²) in [6.45, 7) is 0. The molecular weight excluding hydrogens is 222 g/mol. The summed E-state index contributed by atoms with van der Waals surface area (Å²) >= 11 is 0. The summed E-state index contributed by atoms with van der Waals surface area (Å²) in [5.74, 6) is -0.361. The minimum atomic E-state index is -0.440. The monoisotopic (exact) mass is 235 g/mol. The van der Waals surface area contributed by atoms with Crippen molar-refractivity contribution in [3.8, 4) is 0 Å². The summed E-state index contributed by atoms with van der Waals surface area (Å²) < 4.78 is 4.55. The molecule has 0 saturated carbocycles. The number of imidazole rings is 1. The van der Waals surface area contributed by atoms with Gasteiger partial charge in [-0.05, 0) is 17.7 Å². The van der Waals surface area contributed by atoms with Crippen LogP contribution in [0.5, 0.6) is 0 Å². The van der Waals surface area contributed by atoms with Crippen molar-refractivity contribution in [2.75, 3.05) is 7.11 Å². The number of carbonyl (C=O) groups excluding carboxylic acids is 1. The highest BCUT2D eigenvalue weighted by Gasteiger charge is 2.12. The lowest BCUT2D eigenvalue weighted by Gasteiger charge is -2.10. The molecular formula is C11H13N3O3. The average Bonchev–Trinajstić information content (AvgIpc) is 2.67. The Balaban J connectivity index is 2.29. The minimum absolute atomic E-state index is 0.108. The third-order valence-electron chi connectivity index (χ3n) is 2.58. The average molecular weight is 235 g/mol. The Morgan fingerprint density at radius 3 is 2.82 bits per heavy atom. The van der Waals surface area contributed by atoms with Gasteiger partial charge in [-0.25, -0.2) is 4.79 Å². The van der Waals surface area contributed by atoms with Crippen molar-refractivity contribution in [1.82, 2.24) is 9.97 Å². The summed E-state index contributed by atoms with van der Waals surface area (Å²) in [5, 5.41) is 0. The van der Waals surface area contributed by atoms with Crippen molar-refractivity contribution in [2.24, 2.45) is 5.73 Å². The first-order chi connectivity index (χ1) is 8.10. The molecule has 1 atom stereocenters. The van der Waals surface area contributed by atoms with Gasteiger partial charge < -0.3 is 20.4 Å². The van der Waals surface area contributed by atoms with Gasteiger partial charge in [-0.15, -0.1) is 0 Å². The summed E-state index contributed by atoms with van der Waals surface area (Å²) in [6, 6.07) is 4.84. The van der Waals surface area contributed by atoms with Crippen LogP contribution in [0.4, 0.5) is 0 Å². The van der Waals surface area contributed by atoms with Crippen LogP contribution in [0.25, 0.3) is 11.0 Å². The van der Waals surface area contributed by atoms with Crippen LogP contribution >= 0.6 is 0 Å². The van der Waals surface area contributed by atoms with Crippen LogP contribution in [-0.2, 0) is 9.53 Å². The normalized spacial score (nSPS) is 12.6. The fraction of sp³-hybridized carbons (Fsp3) is 0.273. The molecule has 2 aromatic rings. The second-order valence-electron chi connectivity index (χ2n) is 3.77. The summed E-state index contributed by atoms with van der Waals surface area (Å²) in [6.07, 6.45) is 0.108. The number of aromatic amines is 2. The molecule has 1 unspecified atom stereocenters. The molecule has 0 amide bonds. The molecule has 2 rings (SSSR count). The number of carbonyl (C=O) groups is 1. The molecule has 90 valence electrons. The van der Waals surface area contributed by atoms with Gasteiger partial charge in [0.1, 0.15) is 0 Å². The van der Waals surface area contributed by atoms with Gasteiger partial charge in [-0.2, -0.15) is 0 Å². The topological polar surface area (TPSA) is 101 Å². The molecule has 0 aliphatic heterocycles. The Hall–Kier alpha value is -2.08. The summed E-state index contributed by atoms with van der Waals surface area (Å²) in [4.78, 5) is 27.4. The third kappa shape index (κ3) is 2.36. The second-order valence-corrected chi connectivity index (χ2v) is 3.77. The van der Waals surface area contributed by atoms with E-state index in [0.29, 0.717) is 11.0 Å². The van der Waals surface area contributed by atoms with E-state index in [4.69, 9.17) is 5.73 Å². The van der Waals surface area contributed by atoms with Gasteiger partial charge in [-0.1, -0.05) is 6.07 Å². The molecule has 6 heteroatoms. The van der Waals surface area contributed by atoms with Crippen LogP contribution in [0.3, 0.4) is 0 Å². The number of benzene rings is 1. The number of ether oxygens (including phenoxy) is 1. The number of nitrogens with one attached hydrogen (secondary N) is 2. The van der Waals surface area contributed by atoms with Crippen LogP contribution in [0, 0.1) is 0 Å². The van der Waals surface area contributed by atoms with Crippen molar-refractivity contribution in [1.29, 1.82) is 0 Å². The van der Waals surface area contributed by atoms with Gasteiger partial charge in [0, 0.05) is 6.04 Å². The number of H-pyrrole nitrogens is 2. The van der Waals surface area contributed by atoms with Crippen LogP contribution < -0.4 is 11.4 Å². The Labute approximate surface area is 96.8 Å². The molecule has 0 spiro atoms. The lowest BCUT2D eigenvalue weighted by molar-refractivity contribution is -0.141. The smallest absolute Gasteiger partial charge is 0.323 e. The number of nitrogens with two attached hydrogens (primary N) is 1. The highest BCUT2D eigenvalue weighted by Crippen LogP contribution is 2.18. The maximum absolute atomic E-state index is 11.1. The predicted octanol–water partition coefficient (Wildman–Crippen LogP) is 0.419. The quantitative estimate of drug-likeness (QED) is 0.671. The number of fused-ring (bicyclic) bond motifs is 1. The van der Waals surface area contributed by atoms with Gasteiger partial charge in [-0.3, -0.25) is 4.79 Å². The van der Waals surface area contributed by atoms with Crippen molar-refractivity contribution in [3.05, 3.63) is 34.2 Å². The minimum Gasteiger partial charge on any atom is -0.469 e. The fourth-order valence-corrected chi connectivity index (χ4v) is 1.66. The molecule has 0 fully saturated rings. The molecule has 0 saturated heterocycles. The van der Waals surface area contributed by atoms with Crippen LogP contribution in [0.2, 0.25) is 0 Å². The van der Waals surface area contributed by atoms with E-state index >= 15 is 0 Å². The first-order valence-corrected chi connectivity index (χ1v) is 5.14. The largest absolute Gasteiger partial charge is 0.469 e. The van der Waals surface area contributed by atoms with Crippen LogP contribution in [0.1, 0.15) is 18.0 Å². The molecule has 4 N–H and O–H groups in total. The first-order valence-electron chi connectivity index (χ1n) is 5.14. The molecule has 0 bridgehead atoms. The highest BCUT2D eigenvalue weighted by molar-refractivity contribution is 5.76. The fourth-order valence-electron chi connectivity index (χ4n) is 1.66. The molecule has 6 nitrogen and oxygen atoms in total. The van der Waals surface area contributed by atoms with E-state index in [1.807, 2.05) is 0 Å². The maximum atomic E-state index is 11.1. The Morgan fingerprint density at radius 1 is 1.41 bits per heavy atom. The molecule has 17 heavy (non-hydrogen) atoms. The molecule has 1 aromatic carbocycles. The second kappa shape index (κ2) is 4.42. The van der Waals surface area contributed by atoms with Crippen molar-refractivity contribution >= 4 is 17.0 Å². The van der Waals surface area contributed by atoms with E-state index in [2.05, 4.69) is 14.7 Å². The van der Waals surface area contributed by atoms with Gasteiger partial charge in [0.2, 0.25) is 0 Å². The Kier molecular flexibility index (Phi) is 2.97. The number of aromatic nitrogens is 2. The Bertz CT molecular complexity index is 599. The van der Waals surface area contributed by atoms with Crippen molar-refractivity contribution in [3.63, 3.8) is 0 Å². The van der Waals surface area contributed by atoms with E-state index < -0.39 is 6.04 Å². The zero-order valence-electron chi connectivity index (χ0n) is 9.32. The lowest BCUT2D eigenvalue weighted by atomic mass is 10.0.